The molecule has 0 aliphatic heterocycles. The highest BCUT2D eigenvalue weighted by molar-refractivity contribution is 7.98. The molecule has 0 aliphatic rings. The molecule has 0 aromatic heterocycles. The van der Waals surface area contributed by atoms with Gasteiger partial charge >= 0.3 is 12.1 Å². The molecular weight excluding hydrogens is 454 g/mol. The third-order valence-corrected chi connectivity index (χ3v) is 5.36. The first kappa shape index (κ1) is 25.5. The number of carbonyl (C=O) groups is 3. The van der Waals surface area contributed by atoms with Crippen LogP contribution >= 0.6 is 11.8 Å². The molecule has 0 radical (unpaired) electrons. The van der Waals surface area contributed by atoms with Crippen molar-refractivity contribution in [1.82, 2.24) is 10.6 Å². The molecule has 0 heterocycles. The van der Waals surface area contributed by atoms with Gasteiger partial charge in [0.2, 0.25) is 5.91 Å². The molecular formula is C21H23N3O8S. The lowest BCUT2D eigenvalue weighted by Crippen LogP contribution is -2.49. The summed E-state index contributed by atoms with van der Waals surface area (Å²) >= 11 is 1.29. The zero-order chi connectivity index (χ0) is 24.2. The highest BCUT2D eigenvalue weighted by Crippen LogP contribution is 2.18. The van der Waals surface area contributed by atoms with Crippen LogP contribution in [0.25, 0.3) is 0 Å². The van der Waals surface area contributed by atoms with Crippen molar-refractivity contribution >= 4 is 35.4 Å². The predicted molar refractivity (Wildman–Crippen MR) is 120 cm³/mol. The molecule has 0 spiro atoms. The number of nitrogens with zero attached hydrogens (tertiary/aromatic N) is 1. The van der Waals surface area contributed by atoms with Gasteiger partial charge in [0.25, 0.3) is 5.69 Å². The minimum atomic E-state index is -1.22. The van der Waals surface area contributed by atoms with Crippen LogP contribution in [-0.2, 0) is 26.7 Å². The van der Waals surface area contributed by atoms with Crippen molar-refractivity contribution in [3.63, 3.8) is 0 Å². The van der Waals surface area contributed by atoms with Crippen molar-refractivity contribution in [2.24, 2.45) is 0 Å². The Hall–Kier alpha value is -3.80. The number of hydrogen-bond donors (Lipinski definition) is 3. The van der Waals surface area contributed by atoms with Crippen molar-refractivity contribution in [2.75, 3.05) is 19.4 Å². The van der Waals surface area contributed by atoms with E-state index in [0.717, 1.165) is 5.56 Å². The zero-order valence-corrected chi connectivity index (χ0v) is 18.5. The quantitative estimate of drug-likeness (QED) is 0.308. The fraction of sp³-hybridized carbons (Fsp3) is 0.286. The van der Waals surface area contributed by atoms with E-state index < -0.39 is 35.5 Å². The first-order valence-electron chi connectivity index (χ1n) is 9.65. The summed E-state index contributed by atoms with van der Waals surface area (Å²) in [5, 5.41) is 24.2. The van der Waals surface area contributed by atoms with Crippen LogP contribution in [0, 0.1) is 10.1 Å². The molecule has 11 nitrogen and oxygen atoms in total. The number of hydrogen-bond acceptors (Lipinski definition) is 8. The number of ether oxygens (including phenoxy) is 2. The molecule has 0 bridgehead atoms. The van der Waals surface area contributed by atoms with Crippen LogP contribution < -0.4 is 15.4 Å². The Morgan fingerprint density at radius 1 is 1.09 bits per heavy atom. The van der Waals surface area contributed by atoms with Crippen LogP contribution in [-0.4, -0.2) is 53.4 Å². The van der Waals surface area contributed by atoms with Crippen LogP contribution in [0.4, 0.5) is 10.5 Å². The molecule has 0 fully saturated rings. The average Bonchev–Trinajstić information content (AvgIpc) is 2.81. The number of nitrogens with one attached hydrogen (secondary N) is 2. The number of non-ortho nitro benzene ring substituents is 1. The monoisotopic (exact) mass is 477 g/mol. The molecule has 1 atom stereocenters. The van der Waals surface area contributed by atoms with E-state index in [4.69, 9.17) is 14.6 Å². The van der Waals surface area contributed by atoms with E-state index in [1.165, 1.54) is 31.0 Å². The first-order chi connectivity index (χ1) is 15.8. The Balaban J connectivity index is 1.91. The molecule has 0 unspecified atom stereocenters. The molecule has 2 rings (SSSR count). The number of nitro groups is 1. The Morgan fingerprint density at radius 2 is 1.73 bits per heavy atom. The maximum absolute atomic E-state index is 12.3. The fourth-order valence-corrected chi connectivity index (χ4v) is 3.55. The summed E-state index contributed by atoms with van der Waals surface area (Å²) in [5.74, 6) is -0.690. The van der Waals surface area contributed by atoms with E-state index >= 15 is 0 Å². The molecule has 2 aromatic carbocycles. The summed E-state index contributed by atoms with van der Waals surface area (Å²) in [6, 6.07) is 11.8. The van der Waals surface area contributed by atoms with E-state index in [-0.39, 0.29) is 18.0 Å². The minimum Gasteiger partial charge on any atom is -0.497 e. The van der Waals surface area contributed by atoms with Crippen molar-refractivity contribution in [2.45, 2.75) is 18.4 Å². The molecule has 3 N–H and O–H groups in total. The standard InChI is InChI=1S/C21H23N3O8S/c1-31-17-8-4-14(5-9-17)11-32-21(28)23-18(20(27)22-10-19(25)26)13-33-12-15-2-6-16(7-3-15)24(29)30/h2-9,18H,10-13H2,1H3,(H,22,27)(H,23,28)(H,25,26)/t18-/m0/s1. The van der Waals surface area contributed by atoms with Gasteiger partial charge in [0.05, 0.1) is 12.0 Å². The maximum atomic E-state index is 12.3. The molecule has 2 amide bonds. The van der Waals surface area contributed by atoms with Crippen LogP contribution in [0.15, 0.2) is 48.5 Å². The van der Waals surface area contributed by atoms with Gasteiger partial charge in [0, 0.05) is 23.6 Å². The third kappa shape index (κ3) is 9.07. The van der Waals surface area contributed by atoms with Gasteiger partial charge in [-0.2, -0.15) is 11.8 Å². The third-order valence-electron chi connectivity index (χ3n) is 4.25. The van der Waals surface area contributed by atoms with E-state index in [9.17, 15) is 24.5 Å². The Kier molecular flexibility index (Phi) is 9.96. The zero-order valence-electron chi connectivity index (χ0n) is 17.7. The van der Waals surface area contributed by atoms with Crippen LogP contribution in [0.2, 0.25) is 0 Å². The first-order valence-corrected chi connectivity index (χ1v) is 10.8. The second-order valence-corrected chi connectivity index (χ2v) is 7.70. The topological polar surface area (TPSA) is 157 Å². The van der Waals surface area contributed by atoms with Crippen molar-refractivity contribution in [3.05, 3.63) is 69.8 Å². The number of benzene rings is 2. The number of carbonyl (C=O) groups excluding carboxylic acids is 2. The van der Waals surface area contributed by atoms with E-state index in [2.05, 4.69) is 10.6 Å². The number of carboxylic acid groups (broad SMARTS) is 1. The van der Waals surface area contributed by atoms with Crippen molar-refractivity contribution in [3.8, 4) is 5.75 Å². The van der Waals surface area contributed by atoms with Crippen molar-refractivity contribution < 1.29 is 33.9 Å². The average molecular weight is 477 g/mol. The molecule has 12 heteroatoms. The highest BCUT2D eigenvalue weighted by Gasteiger charge is 2.22. The van der Waals surface area contributed by atoms with Gasteiger partial charge in [-0.25, -0.2) is 4.79 Å². The SMILES string of the molecule is COc1ccc(COC(=O)N[C@@H](CSCc2ccc([N+](=O)[O-])cc2)C(=O)NCC(=O)O)cc1. The number of thioether (sulfide) groups is 1. The largest absolute Gasteiger partial charge is 0.497 e. The lowest BCUT2D eigenvalue weighted by atomic mass is 10.2. The molecule has 0 aliphatic carbocycles. The Bertz CT molecular complexity index is 966. The summed E-state index contributed by atoms with van der Waals surface area (Å²) in [4.78, 5) is 45.5. The smallest absolute Gasteiger partial charge is 0.408 e. The number of carboxylic acids is 1. The molecule has 2 aromatic rings. The number of aliphatic carboxylic acids is 1. The van der Waals surface area contributed by atoms with Gasteiger partial charge in [0.1, 0.15) is 24.9 Å². The fourth-order valence-electron chi connectivity index (χ4n) is 2.53. The predicted octanol–water partition coefficient (Wildman–Crippen LogP) is 2.33. The summed E-state index contributed by atoms with van der Waals surface area (Å²) < 4.78 is 10.2. The molecule has 33 heavy (non-hydrogen) atoms. The summed E-state index contributed by atoms with van der Waals surface area (Å²) in [7, 11) is 1.54. The van der Waals surface area contributed by atoms with E-state index in [0.29, 0.717) is 17.1 Å². The van der Waals surface area contributed by atoms with Crippen LogP contribution in [0.1, 0.15) is 11.1 Å². The Morgan fingerprint density at radius 3 is 2.30 bits per heavy atom. The number of rotatable bonds is 12. The summed E-state index contributed by atoms with van der Waals surface area (Å²) in [6.45, 7) is -0.625. The maximum Gasteiger partial charge on any atom is 0.408 e. The summed E-state index contributed by atoms with van der Waals surface area (Å²) in [5.41, 5.74) is 1.47. The summed E-state index contributed by atoms with van der Waals surface area (Å²) in [6.07, 6.45) is -0.836. The number of nitro benzene ring substituents is 1. The normalized spacial score (nSPS) is 11.2. The number of amides is 2. The highest BCUT2D eigenvalue weighted by atomic mass is 32.2. The van der Waals surface area contributed by atoms with Gasteiger partial charge in [-0.3, -0.25) is 19.7 Å². The van der Waals surface area contributed by atoms with Crippen LogP contribution in [0.3, 0.4) is 0 Å². The minimum absolute atomic E-state index is 0.0315. The van der Waals surface area contributed by atoms with Gasteiger partial charge in [-0.15, -0.1) is 0 Å². The van der Waals surface area contributed by atoms with E-state index in [1.807, 2.05) is 0 Å². The van der Waals surface area contributed by atoms with Gasteiger partial charge in [0.15, 0.2) is 0 Å². The van der Waals surface area contributed by atoms with Gasteiger partial charge < -0.3 is 25.2 Å². The second-order valence-electron chi connectivity index (χ2n) is 6.67. The lowest BCUT2D eigenvalue weighted by molar-refractivity contribution is -0.384. The van der Waals surface area contributed by atoms with E-state index in [1.54, 1.807) is 36.4 Å². The lowest BCUT2D eigenvalue weighted by Gasteiger charge is -2.18. The Labute approximate surface area is 193 Å². The molecule has 0 saturated heterocycles. The second kappa shape index (κ2) is 12.9. The molecule has 176 valence electrons. The van der Waals surface area contributed by atoms with Gasteiger partial charge in [-0.1, -0.05) is 24.3 Å². The molecule has 0 saturated carbocycles. The van der Waals surface area contributed by atoms with Gasteiger partial charge in [-0.05, 0) is 23.3 Å². The number of alkyl carbamates (subject to hydrolysis) is 1. The van der Waals surface area contributed by atoms with Crippen molar-refractivity contribution in [1.29, 1.82) is 0 Å². The van der Waals surface area contributed by atoms with Crippen LogP contribution in [0.5, 0.6) is 5.75 Å². The number of methoxy groups -OCH3 is 1.